The molecule has 1 fully saturated rings. The first-order valence-electron chi connectivity index (χ1n) is 7.18. The second-order valence-electron chi connectivity index (χ2n) is 5.20. The van der Waals surface area contributed by atoms with E-state index in [4.69, 9.17) is 5.11 Å². The van der Waals surface area contributed by atoms with Crippen molar-refractivity contribution in [1.82, 2.24) is 14.7 Å². The molecule has 6 heteroatoms. The summed E-state index contributed by atoms with van der Waals surface area (Å²) in [5.41, 5.74) is 0. The number of carboxylic acid groups (broad SMARTS) is 1. The molecular weight excluding hydrogens is 270 g/mol. The fraction of sp³-hybridized carbons (Fsp3) is 0.600. The first-order valence-corrected chi connectivity index (χ1v) is 7.18. The minimum atomic E-state index is -0.803. The second-order valence-corrected chi connectivity index (χ2v) is 5.20. The largest absolute Gasteiger partial charge is 0.480 e. The number of carbonyl (C=O) groups excluding carboxylic acids is 1. The Balaban J connectivity index is 2.44. The summed E-state index contributed by atoms with van der Waals surface area (Å²) >= 11 is 0. The van der Waals surface area contributed by atoms with Crippen molar-refractivity contribution in [2.75, 3.05) is 45.8 Å². The molecule has 1 N–H and O–H groups in total. The van der Waals surface area contributed by atoms with E-state index in [0.29, 0.717) is 45.8 Å². The van der Waals surface area contributed by atoms with Crippen molar-refractivity contribution in [3.63, 3.8) is 0 Å². The molecule has 0 radical (unpaired) electrons. The summed E-state index contributed by atoms with van der Waals surface area (Å²) in [6.45, 7) is 13.1. The summed E-state index contributed by atoms with van der Waals surface area (Å²) in [4.78, 5) is 28.8. The lowest BCUT2D eigenvalue weighted by Crippen LogP contribution is -2.53. The van der Waals surface area contributed by atoms with Gasteiger partial charge in [0, 0.05) is 39.3 Å². The first kappa shape index (κ1) is 17.4. The molecule has 1 aliphatic rings. The third kappa shape index (κ3) is 5.32. The van der Waals surface area contributed by atoms with Gasteiger partial charge in [-0.1, -0.05) is 12.2 Å². The number of rotatable bonds is 8. The lowest BCUT2D eigenvalue weighted by Gasteiger charge is -2.36. The maximum Gasteiger partial charge on any atom is 0.320 e. The molecule has 1 aliphatic heterocycles. The highest BCUT2D eigenvalue weighted by Gasteiger charge is 2.26. The Morgan fingerprint density at radius 1 is 1.19 bits per heavy atom. The molecule has 0 aromatic heterocycles. The highest BCUT2D eigenvalue weighted by atomic mass is 16.4. The van der Waals surface area contributed by atoms with Gasteiger partial charge in [0.25, 0.3) is 0 Å². The summed E-state index contributed by atoms with van der Waals surface area (Å²) < 4.78 is 0. The molecule has 0 aromatic rings. The zero-order valence-electron chi connectivity index (χ0n) is 12.7. The van der Waals surface area contributed by atoms with Crippen molar-refractivity contribution < 1.29 is 14.7 Å². The predicted octanol–water partition coefficient (Wildman–Crippen LogP) is 0.278. The zero-order valence-corrected chi connectivity index (χ0v) is 12.7. The van der Waals surface area contributed by atoms with Gasteiger partial charge < -0.3 is 10.0 Å². The molecule has 0 spiro atoms. The lowest BCUT2D eigenvalue weighted by atomic mass is 10.2. The van der Waals surface area contributed by atoms with Crippen molar-refractivity contribution in [2.24, 2.45) is 0 Å². The van der Waals surface area contributed by atoms with Gasteiger partial charge >= 0.3 is 5.97 Å². The maximum absolute atomic E-state index is 12.2. The molecule has 1 amide bonds. The molecule has 1 rings (SSSR count). The van der Waals surface area contributed by atoms with Crippen LogP contribution < -0.4 is 0 Å². The molecule has 0 aliphatic carbocycles. The van der Waals surface area contributed by atoms with Crippen LogP contribution in [0.3, 0.4) is 0 Å². The number of nitrogens with zero attached hydrogens (tertiary/aromatic N) is 3. The van der Waals surface area contributed by atoms with E-state index in [1.807, 2.05) is 4.90 Å². The smallest absolute Gasteiger partial charge is 0.320 e. The molecule has 1 saturated heterocycles. The van der Waals surface area contributed by atoms with Crippen molar-refractivity contribution in [3.8, 4) is 0 Å². The van der Waals surface area contributed by atoms with E-state index in [1.165, 1.54) is 0 Å². The molecule has 1 atom stereocenters. The molecule has 1 heterocycles. The number of amides is 1. The number of carbonyl (C=O) groups is 2. The van der Waals surface area contributed by atoms with E-state index in [2.05, 4.69) is 18.1 Å². The summed E-state index contributed by atoms with van der Waals surface area (Å²) in [5, 5.41) is 9.00. The van der Waals surface area contributed by atoms with Crippen LogP contribution in [0.2, 0.25) is 0 Å². The van der Waals surface area contributed by atoms with Gasteiger partial charge in [-0.25, -0.2) is 0 Å². The Morgan fingerprint density at radius 3 is 2.14 bits per heavy atom. The first-order chi connectivity index (χ1) is 9.99. The number of hydrogen-bond donors (Lipinski definition) is 1. The topological polar surface area (TPSA) is 64.1 Å². The standard InChI is InChI=1S/C15H25N3O3/c1-4-6-18(7-5-2)14(19)12-16-8-10-17(11-9-16)13(3)15(20)21/h4-5,13H,1-2,6-12H2,3H3,(H,20,21). The molecule has 6 nitrogen and oxygen atoms in total. The quantitative estimate of drug-likeness (QED) is 0.652. The van der Waals surface area contributed by atoms with Crippen LogP contribution in [0.25, 0.3) is 0 Å². The van der Waals surface area contributed by atoms with Gasteiger partial charge in [-0.3, -0.25) is 19.4 Å². The van der Waals surface area contributed by atoms with Crippen LogP contribution in [0.4, 0.5) is 0 Å². The summed E-state index contributed by atoms with van der Waals surface area (Å²) in [6.07, 6.45) is 3.40. The number of aliphatic carboxylic acids is 1. The highest BCUT2D eigenvalue weighted by molar-refractivity contribution is 5.78. The van der Waals surface area contributed by atoms with Gasteiger partial charge in [0.15, 0.2) is 0 Å². The van der Waals surface area contributed by atoms with E-state index < -0.39 is 12.0 Å². The summed E-state index contributed by atoms with van der Waals surface area (Å²) in [5.74, 6) is -0.753. The highest BCUT2D eigenvalue weighted by Crippen LogP contribution is 2.07. The van der Waals surface area contributed by atoms with Gasteiger partial charge in [0.1, 0.15) is 6.04 Å². The third-order valence-electron chi connectivity index (χ3n) is 3.72. The normalized spacial score (nSPS) is 18.0. The summed E-state index contributed by atoms with van der Waals surface area (Å²) in [7, 11) is 0. The Bertz CT molecular complexity index is 380. The molecule has 118 valence electrons. The molecule has 1 unspecified atom stereocenters. The third-order valence-corrected chi connectivity index (χ3v) is 3.72. The average Bonchev–Trinajstić information content (AvgIpc) is 2.47. The van der Waals surface area contributed by atoms with Gasteiger partial charge in [-0.2, -0.15) is 0 Å². The Hall–Kier alpha value is -1.66. The van der Waals surface area contributed by atoms with Gasteiger partial charge in [-0.05, 0) is 6.92 Å². The average molecular weight is 295 g/mol. The SMILES string of the molecule is C=CCN(CC=C)C(=O)CN1CCN(C(C)C(=O)O)CC1. The van der Waals surface area contributed by atoms with Crippen molar-refractivity contribution in [3.05, 3.63) is 25.3 Å². The van der Waals surface area contributed by atoms with Gasteiger partial charge in [0.2, 0.25) is 5.91 Å². The lowest BCUT2D eigenvalue weighted by molar-refractivity contribution is -0.144. The Morgan fingerprint density at radius 2 is 1.71 bits per heavy atom. The van der Waals surface area contributed by atoms with E-state index in [9.17, 15) is 9.59 Å². The van der Waals surface area contributed by atoms with E-state index >= 15 is 0 Å². The summed E-state index contributed by atoms with van der Waals surface area (Å²) in [6, 6.07) is -0.471. The fourth-order valence-electron chi connectivity index (χ4n) is 2.35. The van der Waals surface area contributed by atoms with Crippen LogP contribution in [-0.2, 0) is 9.59 Å². The minimum Gasteiger partial charge on any atom is -0.480 e. The molecule has 0 bridgehead atoms. The van der Waals surface area contributed by atoms with Crippen LogP contribution in [0, 0.1) is 0 Å². The second kappa shape index (κ2) is 8.59. The molecule has 0 saturated carbocycles. The van der Waals surface area contributed by atoms with Crippen LogP contribution in [-0.4, -0.2) is 83.5 Å². The Labute approximate surface area is 126 Å². The van der Waals surface area contributed by atoms with E-state index in [-0.39, 0.29) is 5.91 Å². The van der Waals surface area contributed by atoms with Crippen molar-refractivity contribution in [2.45, 2.75) is 13.0 Å². The predicted molar refractivity (Wildman–Crippen MR) is 82.1 cm³/mol. The Kier molecular flexibility index (Phi) is 7.11. The number of piperazine rings is 1. The number of hydrogen-bond acceptors (Lipinski definition) is 4. The monoisotopic (exact) mass is 295 g/mol. The van der Waals surface area contributed by atoms with Crippen LogP contribution in [0.15, 0.2) is 25.3 Å². The minimum absolute atomic E-state index is 0.0505. The molecule has 0 aromatic carbocycles. The zero-order chi connectivity index (χ0) is 15.8. The van der Waals surface area contributed by atoms with Gasteiger partial charge in [-0.15, -0.1) is 13.2 Å². The van der Waals surface area contributed by atoms with Crippen LogP contribution >= 0.6 is 0 Å². The fourth-order valence-corrected chi connectivity index (χ4v) is 2.35. The maximum atomic E-state index is 12.2. The van der Waals surface area contributed by atoms with Crippen LogP contribution in [0.1, 0.15) is 6.92 Å². The number of carboxylic acids is 1. The van der Waals surface area contributed by atoms with E-state index in [1.54, 1.807) is 24.0 Å². The molecular formula is C15H25N3O3. The van der Waals surface area contributed by atoms with Crippen LogP contribution in [0.5, 0.6) is 0 Å². The van der Waals surface area contributed by atoms with Crippen molar-refractivity contribution in [1.29, 1.82) is 0 Å². The van der Waals surface area contributed by atoms with Gasteiger partial charge in [0.05, 0.1) is 6.54 Å². The van der Waals surface area contributed by atoms with E-state index in [0.717, 1.165) is 0 Å². The molecule has 21 heavy (non-hydrogen) atoms. The van der Waals surface area contributed by atoms with Crippen molar-refractivity contribution >= 4 is 11.9 Å².